The smallest absolute Gasteiger partial charge is 0.265 e. The number of hydrogen-bond donors (Lipinski definition) is 2. The quantitative estimate of drug-likeness (QED) is 0.850. The number of benzene rings is 2. The second kappa shape index (κ2) is 6.26. The van der Waals surface area contributed by atoms with E-state index in [9.17, 15) is 9.18 Å². The van der Waals surface area contributed by atoms with Gasteiger partial charge in [0.25, 0.3) is 5.91 Å². The highest BCUT2D eigenvalue weighted by atomic mass is 19.1. The first-order valence-corrected chi connectivity index (χ1v) is 6.55. The number of rotatable bonds is 4. The molecule has 0 radical (unpaired) electrons. The van der Waals surface area contributed by atoms with Gasteiger partial charge in [-0.15, -0.1) is 0 Å². The number of hydrogen-bond acceptors (Lipinski definition) is 3. The van der Waals surface area contributed by atoms with E-state index < -0.39 is 11.9 Å². The van der Waals surface area contributed by atoms with Crippen molar-refractivity contribution in [2.24, 2.45) is 0 Å². The van der Waals surface area contributed by atoms with Crippen LogP contribution < -0.4 is 15.8 Å². The molecule has 0 bridgehead atoms. The molecule has 0 spiro atoms. The lowest BCUT2D eigenvalue weighted by Gasteiger charge is -2.16. The van der Waals surface area contributed by atoms with Crippen LogP contribution in [0.2, 0.25) is 0 Å². The Bertz CT molecular complexity index is 641. The minimum atomic E-state index is -0.747. The van der Waals surface area contributed by atoms with Gasteiger partial charge in [0.05, 0.1) is 0 Å². The Balaban J connectivity index is 2.02. The Hall–Kier alpha value is -2.56. The van der Waals surface area contributed by atoms with Gasteiger partial charge >= 0.3 is 0 Å². The van der Waals surface area contributed by atoms with Gasteiger partial charge in [-0.05, 0) is 49.7 Å². The molecule has 3 N–H and O–H groups in total. The van der Waals surface area contributed by atoms with Crippen molar-refractivity contribution in [3.05, 3.63) is 53.8 Å². The van der Waals surface area contributed by atoms with Crippen LogP contribution in [0.25, 0.3) is 0 Å². The molecule has 21 heavy (non-hydrogen) atoms. The molecule has 1 atom stereocenters. The van der Waals surface area contributed by atoms with Gasteiger partial charge in [-0.2, -0.15) is 0 Å². The molecule has 1 amide bonds. The van der Waals surface area contributed by atoms with E-state index in [4.69, 9.17) is 10.5 Å². The van der Waals surface area contributed by atoms with E-state index in [1.807, 2.05) is 0 Å². The molecule has 1 unspecified atom stereocenters. The zero-order valence-corrected chi connectivity index (χ0v) is 11.9. The molecule has 5 heteroatoms. The second-order valence-electron chi connectivity index (χ2n) is 4.78. The van der Waals surface area contributed by atoms with Crippen LogP contribution in [0.15, 0.2) is 42.5 Å². The Morgan fingerprint density at radius 1 is 1.24 bits per heavy atom. The van der Waals surface area contributed by atoms with E-state index in [-0.39, 0.29) is 5.91 Å². The van der Waals surface area contributed by atoms with Crippen molar-refractivity contribution in [2.75, 3.05) is 11.1 Å². The lowest BCUT2D eigenvalue weighted by atomic mass is 10.2. The number of anilines is 2. The van der Waals surface area contributed by atoms with Crippen LogP contribution >= 0.6 is 0 Å². The normalized spacial score (nSPS) is 11.8. The number of aryl methyl sites for hydroxylation is 1. The summed E-state index contributed by atoms with van der Waals surface area (Å²) in [5.41, 5.74) is 7.59. The third-order valence-electron chi connectivity index (χ3n) is 3.00. The zero-order valence-electron chi connectivity index (χ0n) is 11.9. The van der Waals surface area contributed by atoms with Gasteiger partial charge in [0.15, 0.2) is 6.10 Å². The van der Waals surface area contributed by atoms with Gasteiger partial charge in [-0.25, -0.2) is 4.39 Å². The molecule has 0 saturated heterocycles. The summed E-state index contributed by atoms with van der Waals surface area (Å²) in [5, 5.41) is 2.71. The van der Waals surface area contributed by atoms with Crippen molar-refractivity contribution in [3.8, 4) is 5.75 Å². The van der Waals surface area contributed by atoms with E-state index in [1.165, 1.54) is 12.1 Å². The third kappa shape index (κ3) is 3.95. The summed E-state index contributed by atoms with van der Waals surface area (Å²) >= 11 is 0. The first-order chi connectivity index (χ1) is 9.95. The van der Waals surface area contributed by atoms with Gasteiger partial charge in [0.2, 0.25) is 0 Å². The molecule has 0 fully saturated rings. The zero-order chi connectivity index (χ0) is 15.4. The molecule has 4 nitrogen and oxygen atoms in total. The summed E-state index contributed by atoms with van der Waals surface area (Å²) in [5.74, 6) is -0.361. The molecule has 0 aliphatic carbocycles. The van der Waals surface area contributed by atoms with Crippen LogP contribution in [0, 0.1) is 12.7 Å². The van der Waals surface area contributed by atoms with Crippen molar-refractivity contribution in [1.82, 2.24) is 0 Å². The van der Waals surface area contributed by atoms with E-state index in [1.54, 1.807) is 44.2 Å². The van der Waals surface area contributed by atoms with E-state index >= 15 is 0 Å². The van der Waals surface area contributed by atoms with Crippen molar-refractivity contribution in [3.63, 3.8) is 0 Å². The molecule has 2 aromatic rings. The number of carbonyl (C=O) groups excluding carboxylic acids is 1. The first-order valence-electron chi connectivity index (χ1n) is 6.55. The van der Waals surface area contributed by atoms with Crippen LogP contribution in [-0.2, 0) is 4.79 Å². The first kappa shape index (κ1) is 14.8. The minimum absolute atomic E-state index is 0.316. The van der Waals surface area contributed by atoms with E-state index in [2.05, 4.69) is 5.32 Å². The summed E-state index contributed by atoms with van der Waals surface area (Å²) in [6, 6.07) is 11.0. The molecule has 0 aromatic heterocycles. The molecular formula is C16H17FN2O2. The Morgan fingerprint density at radius 3 is 2.57 bits per heavy atom. The molecule has 2 rings (SSSR count). The second-order valence-corrected chi connectivity index (χ2v) is 4.78. The summed E-state index contributed by atoms with van der Waals surface area (Å²) < 4.78 is 18.7. The van der Waals surface area contributed by atoms with E-state index in [0.717, 1.165) is 5.56 Å². The SMILES string of the molecule is Cc1ccc(F)cc1OC(C)C(=O)Nc1ccc(N)cc1. The van der Waals surface area contributed by atoms with Gasteiger partial charge in [0, 0.05) is 17.4 Å². The van der Waals surface area contributed by atoms with E-state index in [0.29, 0.717) is 17.1 Å². The molecule has 0 aliphatic heterocycles. The lowest BCUT2D eigenvalue weighted by molar-refractivity contribution is -0.122. The molecule has 110 valence electrons. The van der Waals surface area contributed by atoms with Crippen LogP contribution in [0.4, 0.5) is 15.8 Å². The number of nitrogens with two attached hydrogens (primary N) is 1. The fraction of sp³-hybridized carbons (Fsp3) is 0.188. The van der Waals surface area contributed by atoms with Crippen molar-refractivity contribution in [1.29, 1.82) is 0 Å². The predicted octanol–water partition coefficient (Wildman–Crippen LogP) is 3.12. The summed E-state index contributed by atoms with van der Waals surface area (Å²) in [6.07, 6.45) is -0.747. The predicted molar refractivity (Wildman–Crippen MR) is 80.7 cm³/mol. The number of ether oxygens (including phenoxy) is 1. The molecule has 2 aromatic carbocycles. The summed E-state index contributed by atoms with van der Waals surface area (Å²) in [4.78, 5) is 12.0. The number of nitrogens with one attached hydrogen (secondary N) is 1. The van der Waals surface area contributed by atoms with Crippen molar-refractivity contribution in [2.45, 2.75) is 20.0 Å². The monoisotopic (exact) mass is 288 g/mol. The number of amides is 1. The number of nitrogen functional groups attached to an aromatic ring is 1. The fourth-order valence-electron chi connectivity index (χ4n) is 1.76. The minimum Gasteiger partial charge on any atom is -0.481 e. The largest absolute Gasteiger partial charge is 0.481 e. The maximum atomic E-state index is 13.2. The highest BCUT2D eigenvalue weighted by Crippen LogP contribution is 2.20. The summed E-state index contributed by atoms with van der Waals surface area (Å²) in [7, 11) is 0. The Kier molecular flexibility index (Phi) is 4.42. The maximum absolute atomic E-state index is 13.2. The van der Waals surface area contributed by atoms with Gasteiger partial charge in [-0.1, -0.05) is 6.07 Å². The van der Waals surface area contributed by atoms with Crippen molar-refractivity contribution >= 4 is 17.3 Å². The fourth-order valence-corrected chi connectivity index (χ4v) is 1.76. The summed E-state index contributed by atoms with van der Waals surface area (Å²) in [6.45, 7) is 3.40. The number of halogens is 1. The molecule has 0 heterocycles. The van der Waals surface area contributed by atoms with Gasteiger partial charge in [-0.3, -0.25) is 4.79 Å². The van der Waals surface area contributed by atoms with Crippen LogP contribution in [0.1, 0.15) is 12.5 Å². The third-order valence-corrected chi connectivity index (χ3v) is 3.00. The highest BCUT2D eigenvalue weighted by molar-refractivity contribution is 5.94. The Morgan fingerprint density at radius 2 is 1.90 bits per heavy atom. The molecule has 0 aliphatic rings. The van der Waals surface area contributed by atoms with Crippen LogP contribution in [-0.4, -0.2) is 12.0 Å². The average molecular weight is 288 g/mol. The topological polar surface area (TPSA) is 64.3 Å². The lowest BCUT2D eigenvalue weighted by Crippen LogP contribution is -2.30. The standard InChI is InChI=1S/C16H17FN2O2/c1-10-3-4-12(17)9-15(10)21-11(2)16(20)19-14-7-5-13(18)6-8-14/h3-9,11H,18H2,1-2H3,(H,19,20). The molecular weight excluding hydrogens is 271 g/mol. The van der Waals surface area contributed by atoms with Gasteiger partial charge < -0.3 is 15.8 Å². The molecule has 0 saturated carbocycles. The van der Waals surface area contributed by atoms with Crippen LogP contribution in [0.3, 0.4) is 0 Å². The van der Waals surface area contributed by atoms with Crippen LogP contribution in [0.5, 0.6) is 5.75 Å². The average Bonchev–Trinajstić information content (AvgIpc) is 2.45. The Labute approximate surface area is 122 Å². The van der Waals surface area contributed by atoms with Crippen molar-refractivity contribution < 1.29 is 13.9 Å². The maximum Gasteiger partial charge on any atom is 0.265 e. The highest BCUT2D eigenvalue weighted by Gasteiger charge is 2.16. The number of carbonyl (C=O) groups is 1. The van der Waals surface area contributed by atoms with Gasteiger partial charge in [0.1, 0.15) is 11.6 Å².